The molecule has 0 saturated carbocycles. The van der Waals surface area contributed by atoms with Crippen molar-refractivity contribution in [3.8, 4) is 0 Å². The van der Waals surface area contributed by atoms with Crippen molar-refractivity contribution in [1.29, 1.82) is 0 Å². The summed E-state index contributed by atoms with van der Waals surface area (Å²) in [5, 5.41) is 2.71. The predicted molar refractivity (Wildman–Crippen MR) is 114 cm³/mol. The topological polar surface area (TPSA) is 103 Å². The summed E-state index contributed by atoms with van der Waals surface area (Å²) < 4.78 is 43.2. The summed E-state index contributed by atoms with van der Waals surface area (Å²) in [5.74, 6) is 0. The summed E-state index contributed by atoms with van der Waals surface area (Å²) >= 11 is 0. The lowest BCUT2D eigenvalue weighted by Crippen LogP contribution is -2.46. The Morgan fingerprint density at radius 1 is 0.733 bits per heavy atom. The van der Waals surface area contributed by atoms with Crippen molar-refractivity contribution in [3.05, 3.63) is 0 Å². The van der Waals surface area contributed by atoms with E-state index in [4.69, 9.17) is 37.0 Å². The van der Waals surface area contributed by atoms with Gasteiger partial charge in [-0.1, -0.05) is 0 Å². The Hall–Kier alpha value is -0.793. The largest absolute Gasteiger partial charge is 0.500 e. The highest BCUT2D eigenvalue weighted by Crippen LogP contribution is 2.17. The summed E-state index contributed by atoms with van der Waals surface area (Å²) in [6.45, 7) is 11.4. The second kappa shape index (κ2) is 21.4. The van der Waals surface area contributed by atoms with Gasteiger partial charge in [-0.25, -0.2) is 4.79 Å². The average Bonchev–Trinajstić information content (AvgIpc) is 2.72. The highest BCUT2D eigenvalue weighted by molar-refractivity contribution is 6.60. The van der Waals surface area contributed by atoms with Crippen LogP contribution in [0.3, 0.4) is 0 Å². The lowest BCUT2D eigenvalue weighted by molar-refractivity contribution is -0.00228. The number of amides is 1. The second-order valence-electron chi connectivity index (χ2n) is 5.98. The van der Waals surface area contributed by atoms with Crippen LogP contribution in [0.25, 0.3) is 0 Å². The van der Waals surface area contributed by atoms with Gasteiger partial charge in [-0.3, -0.25) is 0 Å². The number of carbonyl (C=O) groups excluding carboxylic acids is 1. The van der Waals surface area contributed by atoms with Crippen molar-refractivity contribution in [2.45, 2.75) is 33.2 Å². The summed E-state index contributed by atoms with van der Waals surface area (Å²) in [6.07, 6.45) is 0.212. The predicted octanol–water partition coefficient (Wildman–Crippen LogP) is 1.85. The molecule has 0 aromatic heterocycles. The molecule has 0 aliphatic rings. The van der Waals surface area contributed by atoms with Crippen LogP contribution in [-0.4, -0.2) is 101 Å². The molecule has 0 atom stereocenters. The van der Waals surface area contributed by atoms with Crippen LogP contribution in [0.2, 0.25) is 6.04 Å². The fourth-order valence-corrected chi connectivity index (χ4v) is 5.04. The van der Waals surface area contributed by atoms with Crippen molar-refractivity contribution < 1.29 is 41.8 Å². The fourth-order valence-electron chi connectivity index (χ4n) is 2.43. The van der Waals surface area contributed by atoms with Crippen LogP contribution in [0, 0.1) is 0 Å². The molecule has 0 fully saturated rings. The van der Waals surface area contributed by atoms with Gasteiger partial charge in [0.15, 0.2) is 0 Å². The molecule has 0 saturated heterocycles. The molecule has 0 radical (unpaired) electrons. The number of rotatable bonds is 22. The summed E-state index contributed by atoms with van der Waals surface area (Å²) in [6, 6.07) is 0.642. The highest BCUT2D eigenvalue weighted by Gasteiger charge is 2.39. The maximum absolute atomic E-state index is 11.7. The smallest absolute Gasteiger partial charge is 0.447 e. The number of carbonyl (C=O) groups is 1. The maximum Gasteiger partial charge on any atom is 0.500 e. The van der Waals surface area contributed by atoms with E-state index in [1.165, 1.54) is 0 Å². The van der Waals surface area contributed by atoms with Gasteiger partial charge in [-0.2, -0.15) is 0 Å². The van der Waals surface area contributed by atoms with Gasteiger partial charge in [-0.05, 0) is 27.2 Å². The van der Waals surface area contributed by atoms with Gasteiger partial charge < -0.3 is 42.3 Å². The van der Waals surface area contributed by atoms with E-state index in [0.717, 1.165) is 0 Å². The lowest BCUT2D eigenvalue weighted by atomic mass is 10.5. The normalized spacial score (nSPS) is 11.6. The van der Waals surface area contributed by atoms with Gasteiger partial charge in [0.1, 0.15) is 6.61 Å². The first-order valence-corrected chi connectivity index (χ1v) is 12.6. The second-order valence-corrected chi connectivity index (χ2v) is 8.71. The molecule has 0 aliphatic carbocycles. The minimum absolute atomic E-state index is 0.182. The highest BCUT2D eigenvalue weighted by atomic mass is 28.4. The maximum atomic E-state index is 11.7. The van der Waals surface area contributed by atoms with Crippen molar-refractivity contribution in [2.24, 2.45) is 0 Å². The third-order valence-electron chi connectivity index (χ3n) is 3.66. The Bertz CT molecular complexity index is 374. The fraction of sp³-hybridized carbons (Fsp3) is 0.947. The minimum atomic E-state index is -2.66. The standard InChI is InChI=1S/C19H41NO9Si/c1-5-27-30(28-6-2,29-7-3)18-8-9-20-19(21)26-17-16-25-15-14-24-13-12-23-11-10-22-4/h5-18H2,1-4H3,(H,20,21). The molecular weight excluding hydrogens is 414 g/mol. The van der Waals surface area contributed by atoms with E-state index >= 15 is 0 Å². The van der Waals surface area contributed by atoms with Crippen LogP contribution in [0.5, 0.6) is 0 Å². The molecular formula is C19H41NO9Si. The molecule has 11 heteroatoms. The number of methoxy groups -OCH3 is 1. The SMILES string of the molecule is CCO[Si](CCCNC(=O)OCCOCCOCCOCCOC)(OCC)OCC. The van der Waals surface area contributed by atoms with E-state index in [1.807, 2.05) is 20.8 Å². The molecule has 0 unspecified atom stereocenters. The van der Waals surface area contributed by atoms with Crippen LogP contribution < -0.4 is 5.32 Å². The number of hydrogen-bond donors (Lipinski definition) is 1. The van der Waals surface area contributed by atoms with Crippen LogP contribution >= 0.6 is 0 Å². The van der Waals surface area contributed by atoms with E-state index in [-0.39, 0.29) is 6.61 Å². The van der Waals surface area contributed by atoms with Crippen LogP contribution in [0.4, 0.5) is 4.79 Å². The summed E-state index contributed by atoms with van der Waals surface area (Å²) in [5.41, 5.74) is 0. The Kier molecular flexibility index (Phi) is 20.9. The van der Waals surface area contributed by atoms with Crippen LogP contribution in [-0.2, 0) is 37.0 Å². The van der Waals surface area contributed by atoms with Gasteiger partial charge in [0.25, 0.3) is 0 Å². The number of alkyl carbamates (subject to hydrolysis) is 1. The van der Waals surface area contributed by atoms with E-state index in [1.54, 1.807) is 7.11 Å². The quantitative estimate of drug-likeness (QED) is 0.193. The van der Waals surface area contributed by atoms with Crippen LogP contribution in [0.1, 0.15) is 27.2 Å². The third kappa shape index (κ3) is 16.9. The first kappa shape index (κ1) is 29.2. The van der Waals surface area contributed by atoms with E-state index in [9.17, 15) is 4.79 Å². The summed E-state index contributed by atoms with van der Waals surface area (Å²) in [7, 11) is -1.03. The van der Waals surface area contributed by atoms with E-state index in [0.29, 0.717) is 85.1 Å². The molecule has 1 amide bonds. The first-order chi connectivity index (χ1) is 14.6. The zero-order valence-corrected chi connectivity index (χ0v) is 20.1. The summed E-state index contributed by atoms with van der Waals surface area (Å²) in [4.78, 5) is 11.7. The molecule has 0 aromatic rings. The molecule has 0 aromatic carbocycles. The monoisotopic (exact) mass is 455 g/mol. The molecule has 0 bridgehead atoms. The van der Waals surface area contributed by atoms with Gasteiger partial charge in [0, 0.05) is 39.5 Å². The third-order valence-corrected chi connectivity index (χ3v) is 6.81. The molecule has 30 heavy (non-hydrogen) atoms. The van der Waals surface area contributed by atoms with Gasteiger partial charge in [-0.15, -0.1) is 0 Å². The molecule has 0 heterocycles. The number of hydrogen-bond acceptors (Lipinski definition) is 9. The molecule has 10 nitrogen and oxygen atoms in total. The minimum Gasteiger partial charge on any atom is -0.447 e. The van der Waals surface area contributed by atoms with Crippen molar-refractivity contribution in [1.82, 2.24) is 5.32 Å². The molecule has 0 spiro atoms. The zero-order chi connectivity index (χ0) is 22.3. The molecule has 180 valence electrons. The zero-order valence-electron chi connectivity index (χ0n) is 19.1. The van der Waals surface area contributed by atoms with Crippen LogP contribution in [0.15, 0.2) is 0 Å². The number of ether oxygens (including phenoxy) is 5. The van der Waals surface area contributed by atoms with Crippen molar-refractivity contribution >= 4 is 14.9 Å². The lowest BCUT2D eigenvalue weighted by Gasteiger charge is -2.28. The van der Waals surface area contributed by atoms with Crippen molar-refractivity contribution in [3.63, 3.8) is 0 Å². The molecule has 1 N–H and O–H groups in total. The van der Waals surface area contributed by atoms with Gasteiger partial charge in [0.2, 0.25) is 0 Å². The van der Waals surface area contributed by atoms with E-state index in [2.05, 4.69) is 5.32 Å². The van der Waals surface area contributed by atoms with E-state index < -0.39 is 14.9 Å². The molecule has 0 aliphatic heterocycles. The Morgan fingerprint density at radius 3 is 1.67 bits per heavy atom. The Balaban J connectivity index is 3.62. The van der Waals surface area contributed by atoms with Gasteiger partial charge >= 0.3 is 14.9 Å². The Labute approximate surface area is 182 Å². The molecule has 0 rings (SSSR count). The average molecular weight is 456 g/mol. The number of nitrogens with one attached hydrogen (secondary N) is 1. The first-order valence-electron chi connectivity index (χ1n) is 10.7. The van der Waals surface area contributed by atoms with Crippen molar-refractivity contribution in [2.75, 3.05) is 86.3 Å². The Morgan fingerprint density at radius 2 is 1.20 bits per heavy atom. The van der Waals surface area contributed by atoms with Gasteiger partial charge in [0.05, 0.1) is 46.2 Å².